The van der Waals surface area contributed by atoms with Gasteiger partial charge in [0.1, 0.15) is 11.3 Å². The lowest BCUT2D eigenvalue weighted by atomic mass is 10.2. The van der Waals surface area contributed by atoms with Crippen LogP contribution in [0.2, 0.25) is 0 Å². The molecular weight excluding hydrogens is 274 g/mol. The van der Waals surface area contributed by atoms with Crippen LogP contribution < -0.4 is 0 Å². The van der Waals surface area contributed by atoms with E-state index >= 15 is 0 Å². The lowest BCUT2D eigenvalue weighted by molar-refractivity contribution is -0.222. The van der Waals surface area contributed by atoms with E-state index < -0.39 is 17.7 Å². The van der Waals surface area contributed by atoms with Gasteiger partial charge in [-0.3, -0.25) is 0 Å². The van der Waals surface area contributed by atoms with Gasteiger partial charge in [0.05, 0.1) is 0 Å². The van der Waals surface area contributed by atoms with E-state index in [9.17, 15) is 14.7 Å². The van der Waals surface area contributed by atoms with Crippen LogP contribution in [0, 0.1) is 0 Å². The van der Waals surface area contributed by atoms with Crippen LogP contribution in [0.1, 0.15) is 26.7 Å². The molecule has 1 N–H and O–H groups in total. The molecule has 2 rings (SSSR count). The van der Waals surface area contributed by atoms with Crippen molar-refractivity contribution in [1.82, 2.24) is 4.90 Å². The Morgan fingerprint density at radius 3 is 2.33 bits per heavy atom. The summed E-state index contributed by atoms with van der Waals surface area (Å²) in [5.74, 6) is -3.10. The maximum atomic E-state index is 11.7. The van der Waals surface area contributed by atoms with Crippen molar-refractivity contribution in [3.8, 4) is 0 Å². The van der Waals surface area contributed by atoms with Gasteiger partial charge < -0.3 is 19.5 Å². The molecule has 114 valence electrons. The van der Waals surface area contributed by atoms with Crippen LogP contribution >= 0.6 is 0 Å². The largest absolute Gasteiger partial charge is 0.508 e. The molecule has 0 aromatic rings. The number of cyclic esters (lactones) is 2. The number of rotatable bonds is 3. The van der Waals surface area contributed by atoms with Crippen LogP contribution in [0.25, 0.3) is 0 Å². The zero-order chi connectivity index (χ0) is 15.5. The van der Waals surface area contributed by atoms with Crippen molar-refractivity contribution >= 4 is 11.9 Å². The third kappa shape index (κ3) is 4.11. The summed E-state index contributed by atoms with van der Waals surface area (Å²) < 4.78 is 9.86. The Kier molecular flexibility index (Phi) is 4.35. The highest BCUT2D eigenvalue weighted by atomic mass is 16.7. The first-order chi connectivity index (χ1) is 9.87. The molecule has 0 aromatic heterocycles. The molecule has 0 spiro atoms. The smallest absolute Gasteiger partial charge is 0.348 e. The fraction of sp³-hybridized carbons (Fsp3) is 0.467. The number of carbonyl (C=O) groups excluding carboxylic acids is 2. The molecule has 0 saturated carbocycles. The molecule has 0 bridgehead atoms. The van der Waals surface area contributed by atoms with E-state index in [1.807, 2.05) is 6.20 Å². The van der Waals surface area contributed by atoms with Crippen molar-refractivity contribution in [3.63, 3.8) is 0 Å². The summed E-state index contributed by atoms with van der Waals surface area (Å²) in [4.78, 5) is 25.5. The molecule has 2 saturated heterocycles. The Bertz CT molecular complexity index is 502. The molecule has 6 nitrogen and oxygen atoms in total. The monoisotopic (exact) mass is 293 g/mol. The molecule has 2 aliphatic rings. The van der Waals surface area contributed by atoms with Crippen molar-refractivity contribution in [2.45, 2.75) is 32.5 Å². The molecule has 0 radical (unpaired) electrons. The summed E-state index contributed by atoms with van der Waals surface area (Å²) in [5.41, 5.74) is -0.322. The van der Waals surface area contributed by atoms with Crippen molar-refractivity contribution in [1.29, 1.82) is 0 Å². The fourth-order valence-electron chi connectivity index (χ4n) is 2.13. The Balaban J connectivity index is 2.03. The molecule has 0 atom stereocenters. The number of allylic oxidation sites excluding steroid dienone is 3. The predicted octanol–water partition coefficient (Wildman–Crippen LogP) is 1.80. The Morgan fingerprint density at radius 1 is 1.19 bits per heavy atom. The van der Waals surface area contributed by atoms with Crippen molar-refractivity contribution < 1.29 is 24.2 Å². The summed E-state index contributed by atoms with van der Waals surface area (Å²) in [6.45, 7) is 4.93. The van der Waals surface area contributed by atoms with Crippen molar-refractivity contribution in [2.24, 2.45) is 0 Å². The number of hydrogen-bond acceptors (Lipinski definition) is 6. The highest BCUT2D eigenvalue weighted by Crippen LogP contribution is 2.23. The fourth-order valence-corrected chi connectivity index (χ4v) is 2.13. The van der Waals surface area contributed by atoms with Gasteiger partial charge in [-0.25, -0.2) is 9.59 Å². The number of nitrogens with zero attached hydrogens (tertiary/aromatic N) is 1. The average molecular weight is 293 g/mol. The van der Waals surface area contributed by atoms with Gasteiger partial charge in [0.2, 0.25) is 0 Å². The molecule has 0 aromatic carbocycles. The van der Waals surface area contributed by atoms with Gasteiger partial charge in [-0.1, -0.05) is 0 Å². The minimum atomic E-state index is -1.28. The van der Waals surface area contributed by atoms with E-state index in [1.165, 1.54) is 19.9 Å². The second-order valence-electron chi connectivity index (χ2n) is 5.41. The van der Waals surface area contributed by atoms with Gasteiger partial charge in [-0.05, 0) is 31.2 Å². The van der Waals surface area contributed by atoms with Crippen LogP contribution in [0.4, 0.5) is 0 Å². The van der Waals surface area contributed by atoms with E-state index in [0.717, 1.165) is 32.0 Å². The molecular formula is C15H19NO5. The number of ether oxygens (including phenoxy) is 2. The predicted molar refractivity (Wildman–Crippen MR) is 75.0 cm³/mol. The molecule has 2 heterocycles. The van der Waals surface area contributed by atoms with Gasteiger partial charge in [0, 0.05) is 33.0 Å². The maximum Gasteiger partial charge on any atom is 0.348 e. The highest BCUT2D eigenvalue weighted by molar-refractivity contribution is 6.15. The first-order valence-electron chi connectivity index (χ1n) is 6.87. The molecule has 21 heavy (non-hydrogen) atoms. The van der Waals surface area contributed by atoms with Crippen molar-refractivity contribution in [2.75, 3.05) is 13.1 Å². The van der Waals surface area contributed by atoms with Crippen LogP contribution in [-0.4, -0.2) is 40.8 Å². The second-order valence-corrected chi connectivity index (χ2v) is 5.41. The maximum absolute atomic E-state index is 11.7. The standard InChI is InChI=1S/C15H19NO5/c1-15(2)20-13(18)12(14(19)21-15)10-11(17)6-5-9-16-7-3-4-8-16/h5-6,9-10,17H,3-4,7-8H2,1-2H3/b9-5+,11-6-. The Morgan fingerprint density at radius 2 is 1.76 bits per heavy atom. The van der Waals surface area contributed by atoms with Crippen LogP contribution in [-0.2, 0) is 19.1 Å². The van der Waals surface area contributed by atoms with E-state index in [2.05, 4.69) is 4.90 Å². The number of aliphatic hydroxyl groups is 1. The Hall–Kier alpha value is -2.24. The van der Waals surface area contributed by atoms with Gasteiger partial charge in [-0.15, -0.1) is 0 Å². The van der Waals surface area contributed by atoms with E-state index in [1.54, 1.807) is 6.08 Å². The summed E-state index contributed by atoms with van der Waals surface area (Å²) in [7, 11) is 0. The lowest BCUT2D eigenvalue weighted by Gasteiger charge is -2.29. The van der Waals surface area contributed by atoms with E-state index in [-0.39, 0.29) is 11.3 Å². The van der Waals surface area contributed by atoms with Crippen LogP contribution in [0.3, 0.4) is 0 Å². The molecule has 0 amide bonds. The summed E-state index contributed by atoms with van der Waals surface area (Å²) >= 11 is 0. The lowest BCUT2D eigenvalue weighted by Crippen LogP contribution is -2.41. The van der Waals surface area contributed by atoms with Crippen LogP contribution in [0.5, 0.6) is 0 Å². The van der Waals surface area contributed by atoms with Gasteiger partial charge in [0.25, 0.3) is 5.79 Å². The van der Waals surface area contributed by atoms with Gasteiger partial charge in [-0.2, -0.15) is 0 Å². The van der Waals surface area contributed by atoms with Crippen molar-refractivity contribution in [3.05, 3.63) is 35.8 Å². The summed E-state index contributed by atoms with van der Waals surface area (Å²) in [6, 6.07) is 0. The summed E-state index contributed by atoms with van der Waals surface area (Å²) in [5, 5.41) is 9.74. The zero-order valence-corrected chi connectivity index (χ0v) is 12.2. The quantitative estimate of drug-likeness (QED) is 0.281. The van der Waals surface area contributed by atoms with Gasteiger partial charge >= 0.3 is 11.9 Å². The average Bonchev–Trinajstić information content (AvgIpc) is 2.86. The molecule has 6 heteroatoms. The number of carbonyl (C=O) groups is 2. The first kappa shape index (κ1) is 15.2. The highest BCUT2D eigenvalue weighted by Gasteiger charge is 2.38. The van der Waals surface area contributed by atoms with E-state index in [4.69, 9.17) is 9.47 Å². The third-order valence-electron chi connectivity index (χ3n) is 3.11. The molecule has 2 fully saturated rings. The van der Waals surface area contributed by atoms with Gasteiger partial charge in [0.15, 0.2) is 0 Å². The first-order valence-corrected chi connectivity index (χ1v) is 6.87. The number of esters is 2. The SMILES string of the molecule is CC1(C)OC(=O)C(=C/C(O)=C/C=C/N2CCCC2)C(=O)O1. The Labute approximate surface area is 123 Å². The van der Waals surface area contributed by atoms with Crippen LogP contribution in [0.15, 0.2) is 35.8 Å². The topological polar surface area (TPSA) is 76.1 Å². The molecule has 2 aliphatic heterocycles. The molecule has 0 unspecified atom stereocenters. The molecule has 0 aliphatic carbocycles. The number of hydrogen-bond donors (Lipinski definition) is 1. The zero-order valence-electron chi connectivity index (χ0n) is 12.2. The normalized spacial score (nSPS) is 22.5. The number of aliphatic hydroxyl groups excluding tert-OH is 1. The minimum absolute atomic E-state index is 0.214. The van der Waals surface area contributed by atoms with E-state index in [0.29, 0.717) is 0 Å². The number of likely N-dealkylation sites (tertiary alicyclic amines) is 1. The summed E-state index contributed by atoms with van der Waals surface area (Å²) in [6.07, 6.45) is 8.32. The second kappa shape index (κ2) is 6.03. The minimum Gasteiger partial charge on any atom is -0.508 e. The third-order valence-corrected chi connectivity index (χ3v) is 3.11.